The number of rotatable bonds is 6. The van der Waals surface area contributed by atoms with Crippen LogP contribution >= 0.6 is 0 Å². The molecule has 0 saturated carbocycles. The normalized spacial score (nSPS) is 11.2. The number of halogens is 2. The smallest absolute Gasteiger partial charge is 0.169 e. The molecule has 0 saturated heterocycles. The number of fused-ring (bicyclic) bond motifs is 1. The van der Waals surface area contributed by atoms with Crippen LogP contribution in [0.5, 0.6) is 0 Å². The van der Waals surface area contributed by atoms with E-state index in [0.717, 1.165) is 35.9 Å². The lowest BCUT2D eigenvalue weighted by Crippen LogP contribution is -2.07. The highest BCUT2D eigenvalue weighted by Gasteiger charge is 2.18. The number of aryl methyl sites for hydroxylation is 1. The van der Waals surface area contributed by atoms with Gasteiger partial charge in [0.2, 0.25) is 0 Å². The lowest BCUT2D eigenvalue weighted by molar-refractivity contribution is 0.510. The maximum Gasteiger partial charge on any atom is 0.169 e. The molecule has 2 aliphatic rings. The van der Waals surface area contributed by atoms with Gasteiger partial charge >= 0.3 is 0 Å². The Morgan fingerprint density at radius 1 is 0.848 bits per heavy atom. The molecule has 0 amide bonds. The van der Waals surface area contributed by atoms with Crippen LogP contribution in [0.15, 0.2) is 67.0 Å². The van der Waals surface area contributed by atoms with Gasteiger partial charge in [-0.25, -0.2) is 18.7 Å². The van der Waals surface area contributed by atoms with E-state index in [1.807, 2.05) is 12.1 Å². The molecular weight excluding hydrogens is 422 g/mol. The molecule has 2 aromatic carbocycles. The van der Waals surface area contributed by atoms with E-state index >= 15 is 0 Å². The van der Waals surface area contributed by atoms with Crippen molar-refractivity contribution >= 4 is 0 Å². The molecule has 164 valence electrons. The van der Waals surface area contributed by atoms with Gasteiger partial charge in [0.1, 0.15) is 11.4 Å². The Hall–Kier alpha value is -4.07. The summed E-state index contributed by atoms with van der Waals surface area (Å²) in [4.78, 5) is 8.62. The van der Waals surface area contributed by atoms with Crippen LogP contribution in [0.25, 0.3) is 34.0 Å². The van der Waals surface area contributed by atoms with Crippen molar-refractivity contribution < 1.29 is 8.78 Å². The van der Waals surface area contributed by atoms with Crippen LogP contribution in [0.2, 0.25) is 0 Å². The van der Waals surface area contributed by atoms with Crippen molar-refractivity contribution in [1.29, 1.82) is 0 Å². The average Bonchev–Trinajstić information content (AvgIpc) is 3.25. The average molecular weight is 442 g/mol. The summed E-state index contributed by atoms with van der Waals surface area (Å²) < 4.78 is 29.3. The van der Waals surface area contributed by atoms with Crippen LogP contribution in [0, 0.1) is 11.6 Å². The fraction of sp³-hybridized carbons (Fsp3) is 0.160. The van der Waals surface area contributed by atoms with Crippen molar-refractivity contribution in [2.75, 3.05) is 0 Å². The zero-order valence-electron chi connectivity index (χ0n) is 17.9. The van der Waals surface area contributed by atoms with Crippen molar-refractivity contribution in [1.82, 2.24) is 29.9 Å². The molecule has 33 heavy (non-hydrogen) atoms. The molecule has 6 nitrogen and oxygen atoms in total. The minimum Gasteiger partial charge on any atom is -0.264 e. The summed E-state index contributed by atoms with van der Waals surface area (Å²) in [5.41, 5.74) is 4.90. The highest BCUT2D eigenvalue weighted by molar-refractivity contribution is 5.65. The van der Waals surface area contributed by atoms with Crippen LogP contribution in [-0.4, -0.2) is 29.9 Å². The quantitative estimate of drug-likeness (QED) is 0.362. The lowest BCUT2D eigenvalue weighted by atomic mass is 10.1. The van der Waals surface area contributed by atoms with Gasteiger partial charge < -0.3 is 0 Å². The van der Waals surface area contributed by atoms with E-state index in [-0.39, 0.29) is 11.4 Å². The predicted molar refractivity (Wildman–Crippen MR) is 120 cm³/mol. The maximum absolute atomic E-state index is 14.1. The van der Waals surface area contributed by atoms with Gasteiger partial charge in [0.15, 0.2) is 17.5 Å². The van der Waals surface area contributed by atoms with E-state index < -0.39 is 11.6 Å². The molecule has 0 radical (unpaired) electrons. The largest absolute Gasteiger partial charge is 0.264 e. The van der Waals surface area contributed by atoms with E-state index in [2.05, 4.69) is 56.5 Å². The Balaban J connectivity index is 1.35. The highest BCUT2D eigenvalue weighted by Crippen LogP contribution is 2.27. The van der Waals surface area contributed by atoms with Gasteiger partial charge in [-0.3, -0.25) is 4.68 Å². The van der Waals surface area contributed by atoms with E-state index in [9.17, 15) is 8.78 Å². The van der Waals surface area contributed by atoms with E-state index in [0.29, 0.717) is 17.9 Å². The van der Waals surface area contributed by atoms with Crippen LogP contribution < -0.4 is 0 Å². The Morgan fingerprint density at radius 3 is 2.42 bits per heavy atom. The molecule has 3 aromatic rings. The molecule has 0 unspecified atom stereocenters. The van der Waals surface area contributed by atoms with Crippen LogP contribution in [0.1, 0.15) is 24.6 Å². The first-order chi connectivity index (χ1) is 16.1. The van der Waals surface area contributed by atoms with Gasteiger partial charge in [0.25, 0.3) is 0 Å². The molecule has 3 heterocycles. The molecular formula is C25H20F2N6. The second-order valence-electron chi connectivity index (χ2n) is 7.75. The minimum atomic E-state index is -0.969. The second kappa shape index (κ2) is 8.82. The summed E-state index contributed by atoms with van der Waals surface area (Å²) in [5, 5.41) is 13.0. The van der Waals surface area contributed by atoms with Crippen molar-refractivity contribution in [3.05, 3.63) is 89.9 Å². The van der Waals surface area contributed by atoms with Crippen LogP contribution in [0.3, 0.4) is 0 Å². The SMILES string of the molecule is CCCc1ccc(-c2ccc(Cn3cc4nc(-c5cccc(F)c5F)nc-4cn3)nn2)cc1. The summed E-state index contributed by atoms with van der Waals surface area (Å²) in [6.45, 7) is 2.55. The Morgan fingerprint density at radius 2 is 1.67 bits per heavy atom. The third-order valence-corrected chi connectivity index (χ3v) is 5.34. The minimum absolute atomic E-state index is 0.0157. The molecule has 0 aliphatic carbocycles. The zero-order chi connectivity index (χ0) is 22.8. The fourth-order valence-corrected chi connectivity index (χ4v) is 3.64. The fourth-order valence-electron chi connectivity index (χ4n) is 3.64. The Labute approximate surface area is 189 Å². The summed E-state index contributed by atoms with van der Waals surface area (Å²) in [7, 11) is 0. The third kappa shape index (κ3) is 4.32. The maximum atomic E-state index is 14.1. The molecule has 2 aliphatic heterocycles. The predicted octanol–water partition coefficient (Wildman–Crippen LogP) is 5.18. The molecule has 0 bridgehead atoms. The Kier molecular flexibility index (Phi) is 5.56. The van der Waals surface area contributed by atoms with Gasteiger partial charge in [-0.1, -0.05) is 43.7 Å². The number of hydrogen-bond acceptors (Lipinski definition) is 5. The number of nitrogens with zero attached hydrogens (tertiary/aromatic N) is 6. The van der Waals surface area contributed by atoms with E-state index in [1.165, 1.54) is 17.7 Å². The van der Waals surface area contributed by atoms with Crippen LogP contribution in [-0.2, 0) is 13.0 Å². The van der Waals surface area contributed by atoms with Gasteiger partial charge in [0.05, 0.1) is 35.9 Å². The topological polar surface area (TPSA) is 69.4 Å². The number of aromatic nitrogens is 6. The van der Waals surface area contributed by atoms with E-state index in [1.54, 1.807) is 17.1 Å². The molecule has 0 atom stereocenters. The molecule has 8 heteroatoms. The zero-order valence-corrected chi connectivity index (χ0v) is 17.9. The molecule has 5 rings (SSSR count). The van der Waals surface area contributed by atoms with Crippen LogP contribution in [0.4, 0.5) is 8.78 Å². The van der Waals surface area contributed by atoms with Gasteiger partial charge in [-0.15, -0.1) is 0 Å². The summed E-state index contributed by atoms with van der Waals surface area (Å²) in [6, 6.07) is 16.1. The first-order valence-corrected chi connectivity index (χ1v) is 10.7. The number of benzene rings is 2. The monoisotopic (exact) mass is 442 g/mol. The van der Waals surface area contributed by atoms with Gasteiger partial charge in [0, 0.05) is 5.56 Å². The summed E-state index contributed by atoms with van der Waals surface area (Å²) in [5.74, 6) is -1.78. The first-order valence-electron chi connectivity index (χ1n) is 10.7. The summed E-state index contributed by atoms with van der Waals surface area (Å²) in [6.07, 6.45) is 5.42. The number of imidazole rings is 1. The van der Waals surface area contributed by atoms with Crippen molar-refractivity contribution in [3.8, 4) is 34.0 Å². The third-order valence-electron chi connectivity index (χ3n) is 5.34. The number of hydrogen-bond donors (Lipinski definition) is 0. The van der Waals surface area contributed by atoms with Crippen molar-refractivity contribution in [2.24, 2.45) is 0 Å². The molecule has 0 spiro atoms. The van der Waals surface area contributed by atoms with E-state index in [4.69, 9.17) is 0 Å². The van der Waals surface area contributed by atoms with Crippen molar-refractivity contribution in [3.63, 3.8) is 0 Å². The highest BCUT2D eigenvalue weighted by atomic mass is 19.2. The standard InChI is InChI=1S/C25H20F2N6/c1-2-4-16-7-9-17(10-8-16)21-12-11-18(31-32-21)14-33-15-23-22(13-28-33)29-25(30-23)19-5-3-6-20(26)24(19)27/h3,5-13,15H,2,4,14H2,1H3. The van der Waals surface area contributed by atoms with Gasteiger partial charge in [-0.2, -0.15) is 15.3 Å². The molecule has 0 fully saturated rings. The molecule has 0 N–H and O–H groups in total. The first kappa shape index (κ1) is 20.8. The van der Waals surface area contributed by atoms with Gasteiger partial charge in [-0.05, 0) is 36.2 Å². The lowest BCUT2D eigenvalue weighted by Gasteiger charge is -2.07. The van der Waals surface area contributed by atoms with Crippen molar-refractivity contribution in [2.45, 2.75) is 26.3 Å². The summed E-state index contributed by atoms with van der Waals surface area (Å²) >= 11 is 0. The second-order valence-corrected chi connectivity index (χ2v) is 7.75. The molecule has 1 aromatic heterocycles. The Bertz CT molecular complexity index is 1360.